The topological polar surface area (TPSA) is 117 Å². The van der Waals surface area contributed by atoms with Gasteiger partial charge in [-0.2, -0.15) is 36.3 Å². The maximum atomic E-state index is 14.9. The number of alkyl halides is 6. The predicted molar refractivity (Wildman–Crippen MR) is 362 cm³/mol. The molecule has 1 atom stereocenters. The molecule has 0 bridgehead atoms. The summed E-state index contributed by atoms with van der Waals surface area (Å²) in [6, 6.07) is -6.30. The Labute approximate surface area is 614 Å². The fourth-order valence-electron chi connectivity index (χ4n) is 9.29. The fourth-order valence-corrected chi connectivity index (χ4v) is 11.1. The molecular formula is C74H80F8N8O4S2. The van der Waals surface area contributed by atoms with E-state index in [1.165, 1.54) is 36.4 Å². The standard InChI is InChI=1S/2C37H40F4N4O2S/c1-4-43(5-2)18-19-44(22-26-6-10-28(11-7-26)29-12-14-30(15-13-29)37(39,40)41)34(46)23-45-33-21-25(3)20-32(33)35(47)42-36(45)48-24-27-8-16-31(38)17-9-27;1-4-43(5-2)19-20-44(22-26-9-13-28(14-10-26)29-15-18-32(25(3)21-29)37(39,40)41)34(46)23-45-33-8-6-7-31(33)35(47)42-36(45)48-24-27-11-16-30(38)17-12-27/h6-17,25H,4-5,18-24H2,1-3H3;9-18,21H,4-8,19-20,22-24H2,1-3H3/i4D2,5D2,8D,9D,16D,17D,18D2,19D2,20D2,21D2,25D;4D2,5D2,9D,10D,11D,12D,13D,14D,15D,16D,17D,18D,19D2,20D2,21D. The number of nitrogens with zero attached hydrogens (tertiary/aromatic N) is 8. The van der Waals surface area contributed by atoms with Gasteiger partial charge in [0.15, 0.2) is 10.3 Å². The number of thioether (sulfide) groups is 2. The van der Waals surface area contributed by atoms with Crippen molar-refractivity contribution in [1.29, 1.82) is 0 Å². The van der Waals surface area contributed by atoms with Gasteiger partial charge in [0.25, 0.3) is 11.1 Å². The van der Waals surface area contributed by atoms with Gasteiger partial charge in [0.05, 0.1) is 37.2 Å². The molecule has 0 radical (unpaired) electrons. The number of likely N-dealkylation sites (N-methyl/N-ethyl adjacent to an activating group) is 2. The summed E-state index contributed by atoms with van der Waals surface area (Å²) in [5.74, 6) is -9.91. The molecule has 508 valence electrons. The minimum atomic E-state index is -5.21. The molecule has 2 aliphatic rings. The quantitative estimate of drug-likeness (QED) is 0.0295. The fraction of sp³-hybridized carbons (Fsp3) is 0.378. The second kappa shape index (κ2) is 32.9. The smallest absolute Gasteiger partial charge is 0.336 e. The first-order chi connectivity index (χ1) is 59.8. The van der Waals surface area contributed by atoms with Gasteiger partial charge in [-0.1, -0.05) is 155 Å². The molecule has 2 amide bonds. The van der Waals surface area contributed by atoms with Gasteiger partial charge in [-0.15, -0.1) is 0 Å². The lowest BCUT2D eigenvalue weighted by Gasteiger charge is -2.28. The van der Waals surface area contributed by atoms with Crippen molar-refractivity contribution < 1.29 is 94.1 Å². The van der Waals surface area contributed by atoms with Crippen LogP contribution in [0.5, 0.6) is 0 Å². The molecule has 0 aliphatic heterocycles. The van der Waals surface area contributed by atoms with Crippen LogP contribution in [0, 0.1) is 24.5 Å². The summed E-state index contributed by atoms with van der Waals surface area (Å²) >= 11 is 0.971. The van der Waals surface area contributed by atoms with Crippen LogP contribution >= 0.6 is 23.5 Å². The Morgan fingerprint density at radius 3 is 1.52 bits per heavy atom. The van der Waals surface area contributed by atoms with Gasteiger partial charge in [0, 0.05) is 96.4 Å². The van der Waals surface area contributed by atoms with Crippen LogP contribution in [0.3, 0.4) is 0 Å². The van der Waals surface area contributed by atoms with E-state index in [9.17, 15) is 59.8 Å². The van der Waals surface area contributed by atoms with Gasteiger partial charge < -0.3 is 28.7 Å². The molecule has 22 heteroatoms. The molecular weight excluding hydrogens is 1280 g/mol. The maximum Gasteiger partial charge on any atom is 0.416 e. The van der Waals surface area contributed by atoms with E-state index in [1.807, 2.05) is 0 Å². The van der Waals surface area contributed by atoms with Crippen LogP contribution in [0.4, 0.5) is 35.1 Å². The van der Waals surface area contributed by atoms with Crippen LogP contribution in [-0.4, -0.2) is 102 Å². The van der Waals surface area contributed by atoms with Crippen LogP contribution in [0.1, 0.15) is 152 Å². The number of rotatable bonds is 26. The molecule has 10 rings (SSSR count). The first-order valence-corrected chi connectivity index (χ1v) is 30.5. The zero-order valence-electron chi connectivity index (χ0n) is 87.5. The molecule has 0 fully saturated rings. The highest BCUT2D eigenvalue weighted by Gasteiger charge is 2.34. The Morgan fingerprint density at radius 2 is 1.03 bits per heavy atom. The van der Waals surface area contributed by atoms with Crippen molar-refractivity contribution in [2.75, 3.05) is 52.0 Å². The van der Waals surface area contributed by atoms with E-state index in [1.54, 1.807) is 0 Å². The second-order valence-corrected chi connectivity index (χ2v) is 22.3. The summed E-state index contributed by atoms with van der Waals surface area (Å²) < 4.78 is 420. The van der Waals surface area contributed by atoms with Crippen molar-refractivity contribution >= 4 is 35.3 Å². The number of hydrogen-bond donors (Lipinski definition) is 0. The minimum Gasteiger partial charge on any atom is -0.336 e. The molecule has 0 saturated carbocycles. The van der Waals surface area contributed by atoms with E-state index in [0.29, 0.717) is 59.5 Å². The van der Waals surface area contributed by atoms with Gasteiger partial charge in [-0.25, -0.2) is 8.78 Å². The molecule has 0 saturated heterocycles. The third kappa shape index (κ3) is 19.0. The molecule has 6 aromatic carbocycles. The molecule has 2 aliphatic carbocycles. The number of aromatic nitrogens is 4. The molecule has 0 N–H and O–H groups in total. The van der Waals surface area contributed by atoms with Crippen molar-refractivity contribution in [2.45, 2.75) is 134 Å². The highest BCUT2D eigenvalue weighted by molar-refractivity contribution is 7.98. The van der Waals surface area contributed by atoms with E-state index in [2.05, 4.69) is 9.97 Å². The largest absolute Gasteiger partial charge is 0.416 e. The lowest BCUT2D eigenvalue weighted by Crippen LogP contribution is -2.40. The van der Waals surface area contributed by atoms with Crippen LogP contribution in [-0.2, 0) is 85.2 Å². The third-order valence-corrected chi connectivity index (χ3v) is 16.0. The van der Waals surface area contributed by atoms with Gasteiger partial charge in [0.2, 0.25) is 11.8 Å². The van der Waals surface area contributed by atoms with E-state index >= 15 is 0 Å². The van der Waals surface area contributed by atoms with Gasteiger partial charge >= 0.3 is 12.4 Å². The molecule has 2 heterocycles. The van der Waals surface area contributed by atoms with Crippen molar-refractivity contribution in [1.82, 2.24) is 38.7 Å². The van der Waals surface area contributed by atoms with Gasteiger partial charge in [-0.3, -0.25) is 19.2 Å². The van der Waals surface area contributed by atoms with E-state index in [0.717, 1.165) is 44.4 Å². The summed E-state index contributed by atoms with van der Waals surface area (Å²) in [6.45, 7) is -27.7. The maximum absolute atomic E-state index is 14.9. The molecule has 0 spiro atoms. The molecule has 2 aromatic heterocycles. The lowest BCUT2D eigenvalue weighted by atomic mass is 9.98. The summed E-state index contributed by atoms with van der Waals surface area (Å²) in [7, 11) is 0. The van der Waals surface area contributed by atoms with E-state index < -0.39 is 301 Å². The monoisotopic (exact) mass is 1400 g/mol. The Morgan fingerprint density at radius 1 is 0.573 bits per heavy atom. The number of hydrogen-bond acceptors (Lipinski definition) is 10. The number of carbonyl (C=O) groups is 2. The zero-order chi connectivity index (χ0) is 101. The zero-order valence-corrected chi connectivity index (χ0v) is 53.2. The number of benzene rings is 6. The molecule has 12 nitrogen and oxygen atoms in total. The Balaban J connectivity index is 0.000000297. The van der Waals surface area contributed by atoms with Gasteiger partial charge in [-0.05, 0) is 163 Å². The van der Waals surface area contributed by atoms with E-state index in [-0.39, 0.29) is 60.0 Å². The van der Waals surface area contributed by atoms with Crippen molar-refractivity contribution in [3.8, 4) is 22.3 Å². The number of amides is 2. The van der Waals surface area contributed by atoms with Crippen molar-refractivity contribution in [3.05, 3.63) is 233 Å². The van der Waals surface area contributed by atoms with Gasteiger partial charge in [0.1, 0.15) is 24.7 Å². The molecule has 96 heavy (non-hydrogen) atoms. The SMILES string of the molecule is [2H]c1c([2H])c(CSc2nc(=O)c3c(n2CC(=O)N(Cc2c([2H])c([2H])c(-c4c([2H])c([2H])c(C(F)(F)F)c(C)c4[2H])c([2H])c2[2H])C([2H])([2H])C([2H])([2H])N(C([2H])([2H])C)C([2H])([2H])C)CCC3)c([2H])c([2H])c1F.[2H]c1c([2H])c(CSc2nc(=O)c3c(n2CC(=O)N(Cc2ccc(-c4ccc(C(F)(F)F)cc4)cc2)C([2H])([2H])C([2H])([2H])N(C([2H])([2H])C)C([2H])([2H])C)C([2H])([2H])C([2H])(C)C3([2H])[2H])c([2H])c([2H])c1F. The summed E-state index contributed by atoms with van der Waals surface area (Å²) in [4.78, 5) is 64.5. The third-order valence-electron chi connectivity index (χ3n) is 14.0. The number of fused-ring (bicyclic) bond motifs is 2. The summed E-state index contributed by atoms with van der Waals surface area (Å²) in [5.41, 5.74) is -10.2. The van der Waals surface area contributed by atoms with Crippen LogP contribution in [0.2, 0.25) is 0 Å². The number of halogens is 8. The van der Waals surface area contributed by atoms with E-state index in [4.69, 9.17) is 43.9 Å². The highest BCUT2D eigenvalue weighted by Crippen LogP contribution is 2.36. The van der Waals surface area contributed by atoms with Crippen molar-refractivity contribution in [2.24, 2.45) is 5.89 Å². The first kappa shape index (κ1) is 38.3. The molecule has 1 unspecified atom stereocenters. The Hall–Kier alpha value is -7.92. The normalized spacial score (nSPS) is 22.0. The molecule has 8 aromatic rings. The van der Waals surface area contributed by atoms with Crippen molar-refractivity contribution in [3.63, 3.8) is 0 Å². The predicted octanol–water partition coefficient (Wildman–Crippen LogP) is 15.0. The van der Waals surface area contributed by atoms with Crippen LogP contribution < -0.4 is 11.1 Å². The lowest BCUT2D eigenvalue weighted by molar-refractivity contribution is -0.138. The summed E-state index contributed by atoms with van der Waals surface area (Å²) in [6.07, 6.45) is -15.6. The minimum absolute atomic E-state index is 0.0159. The Kier molecular flexibility index (Phi) is 13.1. The number of carbonyl (C=O) groups excluding carboxylic acids is 2. The summed E-state index contributed by atoms with van der Waals surface area (Å²) in [5, 5.41) is -1.02. The van der Waals surface area contributed by atoms with Crippen LogP contribution in [0.15, 0.2) is 159 Å². The highest BCUT2D eigenvalue weighted by atomic mass is 32.2. The van der Waals surface area contributed by atoms with Crippen LogP contribution in [0.25, 0.3) is 22.3 Å². The average molecular weight is 1400 g/mol. The first-order valence-electron chi connectivity index (χ1n) is 46.6. The second-order valence-electron chi connectivity index (χ2n) is 20.5. The Bertz CT molecular complexity index is 5900. The average Bonchev–Trinajstić information content (AvgIpc) is 1.53.